The minimum atomic E-state index is 0.593. The zero-order valence-corrected chi connectivity index (χ0v) is 10.5. The van der Waals surface area contributed by atoms with Crippen molar-refractivity contribution in [3.05, 3.63) is 29.0 Å². The normalized spacial score (nSPS) is 14.2. The summed E-state index contributed by atoms with van der Waals surface area (Å²) in [6.07, 6.45) is 6.74. The molecule has 18 heavy (non-hydrogen) atoms. The lowest BCUT2D eigenvalue weighted by Gasteiger charge is -2.01. The van der Waals surface area contributed by atoms with Gasteiger partial charge in [0.2, 0.25) is 0 Å². The van der Waals surface area contributed by atoms with Gasteiger partial charge in [0.15, 0.2) is 5.82 Å². The fraction of sp³-hybridized carbons (Fsp3) is 0.231. The molecular weight excluding hydrogens is 246 g/mol. The Balaban J connectivity index is 2.00. The Kier molecular flexibility index (Phi) is 1.99. The molecule has 0 amide bonds. The highest BCUT2D eigenvalue weighted by Crippen LogP contribution is 2.39. The van der Waals surface area contributed by atoms with Crippen LogP contribution in [0.25, 0.3) is 21.6 Å². The Hall–Kier alpha value is -1.88. The summed E-state index contributed by atoms with van der Waals surface area (Å²) in [5, 5.41) is 1.07. The van der Waals surface area contributed by atoms with Gasteiger partial charge in [-0.25, -0.2) is 9.97 Å². The molecule has 0 saturated heterocycles. The number of thiophene rings is 1. The van der Waals surface area contributed by atoms with Crippen LogP contribution < -0.4 is 5.73 Å². The second-order valence-corrected chi connectivity index (χ2v) is 5.57. The molecule has 2 N–H and O–H groups in total. The zero-order chi connectivity index (χ0) is 12.1. The molecule has 0 aromatic carbocycles. The molecule has 0 bridgehead atoms. The summed E-state index contributed by atoms with van der Waals surface area (Å²) in [5.41, 5.74) is 8.34. The van der Waals surface area contributed by atoms with Crippen molar-refractivity contribution in [2.45, 2.75) is 19.3 Å². The largest absolute Gasteiger partial charge is 0.472 e. The third-order valence-corrected chi connectivity index (χ3v) is 4.56. The molecule has 3 aromatic heterocycles. The Labute approximate surface area is 107 Å². The summed E-state index contributed by atoms with van der Waals surface area (Å²) in [7, 11) is 0. The number of fused-ring (bicyclic) bond motifs is 3. The van der Waals surface area contributed by atoms with Crippen molar-refractivity contribution in [1.82, 2.24) is 9.97 Å². The molecule has 0 fully saturated rings. The first-order chi connectivity index (χ1) is 8.83. The molecule has 4 nitrogen and oxygen atoms in total. The number of nitrogens with two attached hydrogens (primary N) is 1. The molecule has 90 valence electrons. The van der Waals surface area contributed by atoms with Crippen LogP contribution in [0.4, 0.5) is 5.82 Å². The molecule has 0 atom stereocenters. The molecule has 4 rings (SSSR count). The Morgan fingerprint density at radius 1 is 1.28 bits per heavy atom. The van der Waals surface area contributed by atoms with E-state index in [-0.39, 0.29) is 0 Å². The predicted molar refractivity (Wildman–Crippen MR) is 71.6 cm³/mol. The lowest BCUT2D eigenvalue weighted by Crippen LogP contribution is -1.96. The number of nitrogens with zero attached hydrogens (tertiary/aromatic N) is 2. The first-order valence-electron chi connectivity index (χ1n) is 5.93. The molecule has 0 spiro atoms. The second-order valence-electron chi connectivity index (χ2n) is 4.48. The average molecular weight is 257 g/mol. The Morgan fingerprint density at radius 3 is 3.06 bits per heavy atom. The van der Waals surface area contributed by atoms with E-state index < -0.39 is 0 Å². The average Bonchev–Trinajstić information content (AvgIpc) is 3.04. The standard InChI is InChI=1S/C13H11N3OS/c14-11-10-8-2-1-3-9(8)18-13(10)16-12(15-11)7-4-5-17-6-7/h4-6H,1-3H2,(H2,14,15,16). The topological polar surface area (TPSA) is 64.9 Å². The van der Waals surface area contributed by atoms with Gasteiger partial charge in [-0.3, -0.25) is 0 Å². The van der Waals surface area contributed by atoms with Gasteiger partial charge >= 0.3 is 0 Å². The fourth-order valence-corrected chi connectivity index (χ4v) is 3.81. The number of furan rings is 1. The number of rotatable bonds is 1. The van der Waals surface area contributed by atoms with E-state index in [9.17, 15) is 0 Å². The number of aryl methyl sites for hydroxylation is 2. The van der Waals surface area contributed by atoms with Crippen molar-refractivity contribution >= 4 is 27.4 Å². The van der Waals surface area contributed by atoms with Crippen LogP contribution in [0.2, 0.25) is 0 Å². The van der Waals surface area contributed by atoms with E-state index in [4.69, 9.17) is 10.2 Å². The van der Waals surface area contributed by atoms with Gasteiger partial charge in [-0.2, -0.15) is 0 Å². The SMILES string of the molecule is Nc1nc(-c2ccoc2)nc2sc3c(c12)CCC3. The van der Waals surface area contributed by atoms with Gasteiger partial charge in [-0.05, 0) is 30.9 Å². The Bertz CT molecular complexity index is 730. The molecule has 3 aromatic rings. The number of hydrogen-bond acceptors (Lipinski definition) is 5. The van der Waals surface area contributed by atoms with Crippen LogP contribution in [0.15, 0.2) is 23.0 Å². The van der Waals surface area contributed by atoms with E-state index in [0.717, 1.165) is 28.6 Å². The van der Waals surface area contributed by atoms with Crippen molar-refractivity contribution in [2.24, 2.45) is 0 Å². The van der Waals surface area contributed by atoms with Crippen molar-refractivity contribution in [2.75, 3.05) is 5.73 Å². The molecule has 0 aliphatic heterocycles. The third kappa shape index (κ3) is 1.31. The minimum absolute atomic E-state index is 0.593. The Morgan fingerprint density at radius 2 is 2.22 bits per heavy atom. The lowest BCUT2D eigenvalue weighted by molar-refractivity contribution is 0.568. The van der Waals surface area contributed by atoms with E-state index in [1.165, 1.54) is 16.9 Å². The lowest BCUT2D eigenvalue weighted by atomic mass is 10.2. The maximum atomic E-state index is 6.11. The van der Waals surface area contributed by atoms with E-state index in [1.54, 1.807) is 23.9 Å². The van der Waals surface area contributed by atoms with Gasteiger partial charge in [-0.15, -0.1) is 11.3 Å². The molecular formula is C13H11N3OS. The number of anilines is 1. The molecule has 0 radical (unpaired) electrons. The van der Waals surface area contributed by atoms with Gasteiger partial charge in [0.25, 0.3) is 0 Å². The summed E-state index contributed by atoms with van der Waals surface area (Å²) in [5.74, 6) is 1.24. The summed E-state index contributed by atoms with van der Waals surface area (Å²) in [4.78, 5) is 11.4. The van der Waals surface area contributed by atoms with Crippen molar-refractivity contribution in [1.29, 1.82) is 0 Å². The molecule has 0 saturated carbocycles. The molecule has 1 aliphatic carbocycles. The van der Waals surface area contributed by atoms with Crippen molar-refractivity contribution < 1.29 is 4.42 Å². The molecule has 0 unspecified atom stereocenters. The summed E-state index contributed by atoms with van der Waals surface area (Å²) < 4.78 is 5.06. The van der Waals surface area contributed by atoms with Crippen LogP contribution in [0.3, 0.4) is 0 Å². The highest BCUT2D eigenvalue weighted by atomic mass is 32.1. The van der Waals surface area contributed by atoms with Gasteiger partial charge < -0.3 is 10.2 Å². The van der Waals surface area contributed by atoms with E-state index in [0.29, 0.717) is 11.6 Å². The van der Waals surface area contributed by atoms with Crippen molar-refractivity contribution in [3.8, 4) is 11.4 Å². The van der Waals surface area contributed by atoms with Gasteiger partial charge in [0.05, 0.1) is 17.2 Å². The van der Waals surface area contributed by atoms with Crippen LogP contribution in [0.1, 0.15) is 16.9 Å². The highest BCUT2D eigenvalue weighted by Gasteiger charge is 2.21. The molecule has 1 aliphatic rings. The smallest absolute Gasteiger partial charge is 0.166 e. The van der Waals surface area contributed by atoms with Crippen LogP contribution in [-0.2, 0) is 12.8 Å². The molecule has 3 heterocycles. The van der Waals surface area contributed by atoms with Crippen LogP contribution in [-0.4, -0.2) is 9.97 Å². The predicted octanol–water partition coefficient (Wildman–Crippen LogP) is 3.02. The second kappa shape index (κ2) is 3.55. The summed E-state index contributed by atoms with van der Waals surface area (Å²) in [6, 6.07) is 1.85. The fourth-order valence-electron chi connectivity index (χ4n) is 2.54. The van der Waals surface area contributed by atoms with Crippen LogP contribution in [0, 0.1) is 0 Å². The highest BCUT2D eigenvalue weighted by molar-refractivity contribution is 7.19. The van der Waals surface area contributed by atoms with Gasteiger partial charge in [0, 0.05) is 4.88 Å². The minimum Gasteiger partial charge on any atom is -0.472 e. The maximum absolute atomic E-state index is 6.11. The zero-order valence-electron chi connectivity index (χ0n) is 9.64. The maximum Gasteiger partial charge on any atom is 0.166 e. The van der Waals surface area contributed by atoms with Crippen molar-refractivity contribution in [3.63, 3.8) is 0 Å². The quantitative estimate of drug-likeness (QED) is 0.727. The third-order valence-electron chi connectivity index (χ3n) is 3.37. The first kappa shape index (κ1) is 10.1. The van der Waals surface area contributed by atoms with Gasteiger partial charge in [0.1, 0.15) is 16.9 Å². The number of nitrogen functional groups attached to an aromatic ring is 1. The number of hydrogen-bond donors (Lipinski definition) is 1. The number of aromatic nitrogens is 2. The van der Waals surface area contributed by atoms with E-state index in [1.807, 2.05) is 6.07 Å². The monoisotopic (exact) mass is 257 g/mol. The van der Waals surface area contributed by atoms with E-state index >= 15 is 0 Å². The van der Waals surface area contributed by atoms with Crippen LogP contribution >= 0.6 is 11.3 Å². The van der Waals surface area contributed by atoms with E-state index in [2.05, 4.69) is 9.97 Å². The van der Waals surface area contributed by atoms with Gasteiger partial charge in [-0.1, -0.05) is 0 Å². The van der Waals surface area contributed by atoms with Crippen LogP contribution in [0.5, 0.6) is 0 Å². The summed E-state index contributed by atoms with van der Waals surface area (Å²) in [6.45, 7) is 0. The summed E-state index contributed by atoms with van der Waals surface area (Å²) >= 11 is 1.75. The first-order valence-corrected chi connectivity index (χ1v) is 6.75. The molecule has 5 heteroatoms.